The van der Waals surface area contributed by atoms with Crippen LogP contribution >= 0.6 is 0 Å². The summed E-state index contributed by atoms with van der Waals surface area (Å²) in [7, 11) is 0. The normalized spacial score (nSPS) is 13.9. The van der Waals surface area contributed by atoms with Gasteiger partial charge in [-0.15, -0.1) is 0 Å². The first-order chi connectivity index (χ1) is 17.5. The van der Waals surface area contributed by atoms with Crippen LogP contribution in [0.5, 0.6) is 0 Å². The Bertz CT molecular complexity index is 1220. The van der Waals surface area contributed by atoms with Gasteiger partial charge < -0.3 is 10.6 Å². The highest BCUT2D eigenvalue weighted by molar-refractivity contribution is 5.96. The molecular formula is C30H34N4O2. The lowest BCUT2D eigenvalue weighted by atomic mass is 9.87. The van der Waals surface area contributed by atoms with E-state index in [1.807, 2.05) is 73.6 Å². The average Bonchev–Trinajstić information content (AvgIpc) is 2.91. The second kappa shape index (κ2) is 11.8. The van der Waals surface area contributed by atoms with Gasteiger partial charge in [0.15, 0.2) is 0 Å². The van der Waals surface area contributed by atoms with Gasteiger partial charge in [-0.3, -0.25) is 19.5 Å². The molecule has 2 heterocycles. The van der Waals surface area contributed by atoms with Crippen molar-refractivity contribution in [3.8, 4) is 0 Å². The largest absolute Gasteiger partial charge is 0.366 e. The molecule has 6 nitrogen and oxygen atoms in total. The number of likely N-dealkylation sites (tertiary alicyclic amines) is 1. The third kappa shape index (κ3) is 5.89. The topological polar surface area (TPSA) is 79.5 Å². The van der Waals surface area contributed by atoms with Gasteiger partial charge in [0.25, 0.3) is 5.91 Å². The molecule has 2 amide bonds. The number of hydrogen-bond acceptors (Lipinski definition) is 4. The SMILES string of the molecule is CCN(CC)C(=O)c1ccc(C(=C2CCN(Cc3ccncc3)CC2)c2cccc(C(N)=O)c2)cc1. The predicted molar refractivity (Wildman–Crippen MR) is 143 cm³/mol. The van der Waals surface area contributed by atoms with Crippen molar-refractivity contribution in [3.05, 3.63) is 106 Å². The predicted octanol–water partition coefficient (Wildman–Crippen LogP) is 4.76. The second-order valence-corrected chi connectivity index (χ2v) is 9.11. The van der Waals surface area contributed by atoms with E-state index in [1.54, 1.807) is 6.07 Å². The van der Waals surface area contributed by atoms with Crippen LogP contribution in [0.3, 0.4) is 0 Å². The maximum Gasteiger partial charge on any atom is 0.253 e. The molecule has 4 rings (SSSR count). The van der Waals surface area contributed by atoms with Gasteiger partial charge in [-0.2, -0.15) is 0 Å². The Kier molecular flexibility index (Phi) is 8.28. The molecule has 0 spiro atoms. The van der Waals surface area contributed by atoms with Gasteiger partial charge in [0, 0.05) is 56.2 Å². The third-order valence-electron chi connectivity index (χ3n) is 6.88. The lowest BCUT2D eigenvalue weighted by Gasteiger charge is -2.30. The van der Waals surface area contributed by atoms with Crippen LogP contribution in [0, 0.1) is 0 Å². The van der Waals surface area contributed by atoms with Crippen molar-refractivity contribution in [2.75, 3.05) is 26.2 Å². The van der Waals surface area contributed by atoms with E-state index in [4.69, 9.17) is 5.73 Å². The van der Waals surface area contributed by atoms with Gasteiger partial charge in [0.1, 0.15) is 0 Å². The molecule has 0 aliphatic carbocycles. The minimum absolute atomic E-state index is 0.0425. The summed E-state index contributed by atoms with van der Waals surface area (Å²) in [6.07, 6.45) is 5.54. The Morgan fingerprint density at radius 3 is 2.08 bits per heavy atom. The van der Waals surface area contributed by atoms with Crippen LogP contribution < -0.4 is 5.73 Å². The number of benzene rings is 2. The molecule has 1 aliphatic heterocycles. The molecule has 0 unspecified atom stereocenters. The highest BCUT2D eigenvalue weighted by atomic mass is 16.2. The minimum atomic E-state index is -0.437. The number of nitrogens with two attached hydrogens (primary N) is 1. The van der Waals surface area contributed by atoms with Crippen molar-refractivity contribution in [1.82, 2.24) is 14.8 Å². The molecule has 6 heteroatoms. The zero-order valence-corrected chi connectivity index (χ0v) is 21.1. The summed E-state index contributed by atoms with van der Waals surface area (Å²) in [5.74, 6) is -0.394. The quantitative estimate of drug-likeness (QED) is 0.502. The molecule has 186 valence electrons. The molecule has 36 heavy (non-hydrogen) atoms. The van der Waals surface area contributed by atoms with Crippen LogP contribution in [-0.2, 0) is 6.54 Å². The lowest BCUT2D eigenvalue weighted by molar-refractivity contribution is 0.0772. The standard InChI is InChI=1S/C30H34N4O2/c1-3-34(4-2)30(36)25-10-8-23(9-11-25)28(26-6-5-7-27(20-26)29(31)35)24-14-18-33(19-15-24)21-22-12-16-32-17-13-22/h5-13,16-17,20H,3-4,14-15,18-19,21H2,1-2H3,(H2,31,35). The van der Waals surface area contributed by atoms with Gasteiger partial charge in [0.2, 0.25) is 5.91 Å². The highest BCUT2D eigenvalue weighted by Crippen LogP contribution is 2.33. The fraction of sp³-hybridized carbons (Fsp3) is 0.300. The second-order valence-electron chi connectivity index (χ2n) is 9.11. The molecular weight excluding hydrogens is 448 g/mol. The zero-order valence-electron chi connectivity index (χ0n) is 21.1. The number of primary amides is 1. The Labute approximate surface area is 213 Å². The summed E-state index contributed by atoms with van der Waals surface area (Å²) in [5.41, 5.74) is 12.5. The maximum atomic E-state index is 12.8. The summed E-state index contributed by atoms with van der Waals surface area (Å²) >= 11 is 0. The summed E-state index contributed by atoms with van der Waals surface area (Å²) < 4.78 is 0. The summed E-state index contributed by atoms with van der Waals surface area (Å²) in [5, 5.41) is 0. The molecule has 0 atom stereocenters. The van der Waals surface area contributed by atoms with E-state index in [-0.39, 0.29) is 5.91 Å². The Morgan fingerprint density at radius 2 is 1.47 bits per heavy atom. The number of carbonyl (C=O) groups excluding carboxylic acids is 2. The Balaban J connectivity index is 1.65. The van der Waals surface area contributed by atoms with Gasteiger partial charge in [0.05, 0.1) is 0 Å². The number of hydrogen-bond donors (Lipinski definition) is 1. The van der Waals surface area contributed by atoms with Gasteiger partial charge in [-0.1, -0.05) is 29.8 Å². The van der Waals surface area contributed by atoms with Crippen LogP contribution in [-0.4, -0.2) is 52.8 Å². The summed E-state index contributed by atoms with van der Waals surface area (Å²) in [6.45, 7) is 8.16. The molecule has 0 saturated carbocycles. The zero-order chi connectivity index (χ0) is 25.5. The molecule has 2 N–H and O–H groups in total. The Hall–Kier alpha value is -3.77. The van der Waals surface area contributed by atoms with E-state index in [9.17, 15) is 9.59 Å². The first-order valence-corrected chi connectivity index (χ1v) is 12.6. The van der Waals surface area contributed by atoms with Crippen molar-refractivity contribution in [3.63, 3.8) is 0 Å². The highest BCUT2D eigenvalue weighted by Gasteiger charge is 2.20. The van der Waals surface area contributed by atoms with Crippen LogP contribution in [0.2, 0.25) is 0 Å². The van der Waals surface area contributed by atoms with Crippen LogP contribution in [0.4, 0.5) is 0 Å². The number of piperidine rings is 1. The lowest BCUT2D eigenvalue weighted by Crippen LogP contribution is -2.30. The smallest absolute Gasteiger partial charge is 0.253 e. The van der Waals surface area contributed by atoms with Crippen molar-refractivity contribution in [2.24, 2.45) is 5.73 Å². The molecule has 0 radical (unpaired) electrons. The third-order valence-corrected chi connectivity index (χ3v) is 6.88. The molecule has 1 saturated heterocycles. The van der Waals surface area contributed by atoms with Crippen LogP contribution in [0.25, 0.3) is 5.57 Å². The first kappa shape index (κ1) is 25.3. The van der Waals surface area contributed by atoms with Gasteiger partial charge in [-0.05, 0) is 85.4 Å². The Morgan fingerprint density at radius 1 is 0.861 bits per heavy atom. The van der Waals surface area contributed by atoms with E-state index < -0.39 is 5.91 Å². The molecule has 0 bridgehead atoms. The molecule has 2 aromatic carbocycles. The van der Waals surface area contributed by atoms with Crippen LogP contribution in [0.15, 0.2) is 78.6 Å². The number of carbonyl (C=O) groups is 2. The number of pyridine rings is 1. The average molecular weight is 483 g/mol. The number of rotatable bonds is 8. The fourth-order valence-corrected chi connectivity index (χ4v) is 4.85. The fourth-order valence-electron chi connectivity index (χ4n) is 4.85. The first-order valence-electron chi connectivity index (χ1n) is 12.6. The summed E-state index contributed by atoms with van der Waals surface area (Å²) in [4.78, 5) is 33.1. The molecule has 1 aromatic heterocycles. The maximum absolute atomic E-state index is 12.8. The van der Waals surface area contributed by atoms with Crippen molar-refractivity contribution in [2.45, 2.75) is 33.2 Å². The van der Waals surface area contributed by atoms with Gasteiger partial charge in [-0.25, -0.2) is 0 Å². The van der Waals surface area contributed by atoms with Crippen LogP contribution in [0.1, 0.15) is 64.1 Å². The van der Waals surface area contributed by atoms with Gasteiger partial charge >= 0.3 is 0 Å². The van der Waals surface area contributed by atoms with Crippen molar-refractivity contribution in [1.29, 1.82) is 0 Å². The van der Waals surface area contributed by atoms with E-state index >= 15 is 0 Å². The van der Waals surface area contributed by atoms with Crippen molar-refractivity contribution < 1.29 is 9.59 Å². The number of nitrogens with zero attached hydrogens (tertiary/aromatic N) is 3. The van der Waals surface area contributed by atoms with Crippen molar-refractivity contribution >= 4 is 17.4 Å². The van der Waals surface area contributed by atoms with E-state index in [2.05, 4.69) is 22.0 Å². The molecule has 1 aliphatic rings. The monoisotopic (exact) mass is 482 g/mol. The summed E-state index contributed by atoms with van der Waals surface area (Å²) in [6, 6.07) is 19.5. The minimum Gasteiger partial charge on any atom is -0.366 e. The number of aromatic nitrogens is 1. The molecule has 1 fully saturated rings. The molecule has 3 aromatic rings. The van der Waals surface area contributed by atoms with E-state index in [1.165, 1.54) is 11.1 Å². The van der Waals surface area contributed by atoms with E-state index in [0.29, 0.717) is 24.2 Å². The van der Waals surface area contributed by atoms with E-state index in [0.717, 1.165) is 49.2 Å². The number of amides is 2.